The third-order valence-electron chi connectivity index (χ3n) is 3.27. The Bertz CT molecular complexity index is 657. The Morgan fingerprint density at radius 2 is 1.91 bits per heavy atom. The van der Waals surface area contributed by atoms with Crippen molar-refractivity contribution in [3.8, 4) is 0 Å². The minimum Gasteiger partial charge on any atom is -0.378 e. The van der Waals surface area contributed by atoms with Gasteiger partial charge in [0.05, 0.1) is 13.2 Å². The third-order valence-corrected chi connectivity index (χ3v) is 3.27. The highest BCUT2D eigenvalue weighted by molar-refractivity contribution is 6.02. The Morgan fingerprint density at radius 3 is 2.64 bits per heavy atom. The number of aromatic nitrogens is 2. The second-order valence-electron chi connectivity index (χ2n) is 4.80. The van der Waals surface area contributed by atoms with E-state index in [1.54, 1.807) is 12.3 Å². The molecule has 0 radical (unpaired) electrons. The predicted octanol–water partition coefficient (Wildman–Crippen LogP) is 1.70. The Balaban J connectivity index is 1.73. The summed E-state index contributed by atoms with van der Waals surface area (Å²) in [6.45, 7) is 2.64. The van der Waals surface area contributed by atoms with Crippen molar-refractivity contribution in [2.75, 3.05) is 36.5 Å². The van der Waals surface area contributed by atoms with Crippen LogP contribution in [0, 0.1) is 5.82 Å². The number of carbonyl (C=O) groups excluding carboxylic acids is 1. The fourth-order valence-corrected chi connectivity index (χ4v) is 2.12. The molecule has 1 fully saturated rings. The number of nitrogens with one attached hydrogen (secondary N) is 1. The molecule has 1 aromatic carbocycles. The molecule has 1 amide bonds. The smallest absolute Gasteiger partial charge is 0.274 e. The monoisotopic (exact) mass is 302 g/mol. The number of amides is 1. The van der Waals surface area contributed by atoms with Crippen molar-refractivity contribution in [3.63, 3.8) is 0 Å². The van der Waals surface area contributed by atoms with Gasteiger partial charge in [-0.05, 0) is 30.3 Å². The lowest BCUT2D eigenvalue weighted by molar-refractivity contribution is 0.102. The first-order chi connectivity index (χ1) is 10.7. The Morgan fingerprint density at radius 1 is 1.18 bits per heavy atom. The van der Waals surface area contributed by atoms with Gasteiger partial charge in [-0.15, -0.1) is 0 Å². The van der Waals surface area contributed by atoms with E-state index in [4.69, 9.17) is 4.74 Å². The molecule has 0 bridgehead atoms. The lowest BCUT2D eigenvalue weighted by atomic mass is 10.3. The highest BCUT2D eigenvalue weighted by Gasteiger charge is 2.16. The van der Waals surface area contributed by atoms with E-state index < -0.39 is 0 Å². The maximum Gasteiger partial charge on any atom is 0.274 e. The highest BCUT2D eigenvalue weighted by atomic mass is 19.1. The Labute approximate surface area is 126 Å². The summed E-state index contributed by atoms with van der Waals surface area (Å²) in [6, 6.07) is 7.11. The number of rotatable bonds is 3. The summed E-state index contributed by atoms with van der Waals surface area (Å²) < 4.78 is 18.1. The largest absolute Gasteiger partial charge is 0.378 e. The van der Waals surface area contributed by atoms with E-state index in [0.29, 0.717) is 37.9 Å². The fraction of sp³-hybridized carbons (Fsp3) is 0.267. The lowest BCUT2D eigenvalue weighted by Gasteiger charge is -2.26. The molecule has 114 valence electrons. The third kappa shape index (κ3) is 3.37. The van der Waals surface area contributed by atoms with E-state index in [1.165, 1.54) is 24.3 Å². The number of hydrogen-bond donors (Lipinski definition) is 1. The van der Waals surface area contributed by atoms with Crippen LogP contribution in [-0.2, 0) is 4.74 Å². The van der Waals surface area contributed by atoms with E-state index in [2.05, 4.69) is 15.3 Å². The minimum absolute atomic E-state index is 0.265. The van der Waals surface area contributed by atoms with Gasteiger partial charge < -0.3 is 15.0 Å². The number of anilines is 2. The van der Waals surface area contributed by atoms with Crippen LogP contribution in [0.4, 0.5) is 16.0 Å². The summed E-state index contributed by atoms with van der Waals surface area (Å²) in [5, 5.41) is 2.68. The fourth-order valence-electron chi connectivity index (χ4n) is 2.12. The van der Waals surface area contributed by atoms with Crippen molar-refractivity contribution in [1.29, 1.82) is 0 Å². The molecular formula is C15H15FN4O2. The molecule has 3 rings (SSSR count). The Hall–Kier alpha value is -2.54. The molecule has 1 aliphatic heterocycles. The molecule has 0 spiro atoms. The van der Waals surface area contributed by atoms with Crippen molar-refractivity contribution < 1.29 is 13.9 Å². The molecule has 1 N–H and O–H groups in total. The van der Waals surface area contributed by atoms with Crippen LogP contribution in [0.15, 0.2) is 36.5 Å². The minimum atomic E-state index is -0.358. The number of ether oxygens (including phenoxy) is 1. The molecule has 7 heteroatoms. The van der Waals surface area contributed by atoms with Crippen LogP contribution in [0.5, 0.6) is 0 Å². The topological polar surface area (TPSA) is 67.4 Å². The zero-order valence-corrected chi connectivity index (χ0v) is 11.8. The van der Waals surface area contributed by atoms with Crippen molar-refractivity contribution in [2.24, 2.45) is 0 Å². The van der Waals surface area contributed by atoms with Crippen LogP contribution in [0.2, 0.25) is 0 Å². The van der Waals surface area contributed by atoms with Gasteiger partial charge in [0.2, 0.25) is 5.95 Å². The summed E-state index contributed by atoms with van der Waals surface area (Å²) in [6.07, 6.45) is 1.55. The normalized spacial score (nSPS) is 14.7. The van der Waals surface area contributed by atoms with Crippen LogP contribution in [0.1, 0.15) is 10.5 Å². The van der Waals surface area contributed by atoms with Gasteiger partial charge in [0.1, 0.15) is 11.5 Å². The van der Waals surface area contributed by atoms with Gasteiger partial charge in [0.25, 0.3) is 5.91 Å². The van der Waals surface area contributed by atoms with Gasteiger partial charge in [-0.25, -0.2) is 14.4 Å². The summed E-state index contributed by atoms with van der Waals surface area (Å²) in [5.74, 6) is -0.201. The van der Waals surface area contributed by atoms with Gasteiger partial charge >= 0.3 is 0 Å². The number of carbonyl (C=O) groups is 1. The number of halogens is 1. The Kier molecular flexibility index (Phi) is 4.24. The van der Waals surface area contributed by atoms with Crippen molar-refractivity contribution in [2.45, 2.75) is 0 Å². The maximum absolute atomic E-state index is 12.9. The molecule has 0 unspecified atom stereocenters. The highest BCUT2D eigenvalue weighted by Crippen LogP contribution is 2.12. The van der Waals surface area contributed by atoms with Crippen LogP contribution in [0.3, 0.4) is 0 Å². The van der Waals surface area contributed by atoms with Gasteiger partial charge in [0.15, 0.2) is 0 Å². The second-order valence-corrected chi connectivity index (χ2v) is 4.80. The first kappa shape index (κ1) is 14.4. The molecule has 6 nitrogen and oxygen atoms in total. The molecule has 0 saturated carbocycles. The summed E-state index contributed by atoms with van der Waals surface area (Å²) in [5.41, 5.74) is 0.777. The van der Waals surface area contributed by atoms with E-state index in [1.807, 2.05) is 4.90 Å². The van der Waals surface area contributed by atoms with Crippen molar-refractivity contribution >= 4 is 17.5 Å². The first-order valence-corrected chi connectivity index (χ1v) is 6.95. The first-order valence-electron chi connectivity index (χ1n) is 6.95. The zero-order valence-electron chi connectivity index (χ0n) is 11.8. The predicted molar refractivity (Wildman–Crippen MR) is 79.4 cm³/mol. The van der Waals surface area contributed by atoms with Crippen molar-refractivity contribution in [1.82, 2.24) is 9.97 Å². The SMILES string of the molecule is O=C(Nc1ccc(F)cc1)c1ccnc(N2CCOCC2)n1. The molecule has 0 atom stereocenters. The number of benzene rings is 1. The number of nitrogens with zero attached hydrogens (tertiary/aromatic N) is 3. The van der Waals surface area contributed by atoms with E-state index >= 15 is 0 Å². The summed E-state index contributed by atoms with van der Waals surface area (Å²) in [7, 11) is 0. The maximum atomic E-state index is 12.9. The number of morpholine rings is 1. The summed E-state index contributed by atoms with van der Waals surface area (Å²) in [4.78, 5) is 22.6. The molecular weight excluding hydrogens is 287 g/mol. The standard InChI is InChI=1S/C15H15FN4O2/c16-11-1-3-12(4-2-11)18-14(21)13-5-6-17-15(19-13)20-7-9-22-10-8-20/h1-6H,7-10H2,(H,18,21). The average Bonchev–Trinajstić information content (AvgIpc) is 2.58. The van der Waals surface area contributed by atoms with Crippen LogP contribution >= 0.6 is 0 Å². The molecule has 22 heavy (non-hydrogen) atoms. The van der Waals surface area contributed by atoms with Crippen LogP contribution in [0.25, 0.3) is 0 Å². The van der Waals surface area contributed by atoms with Gasteiger partial charge in [-0.1, -0.05) is 0 Å². The van der Waals surface area contributed by atoms with E-state index in [-0.39, 0.29) is 17.4 Å². The summed E-state index contributed by atoms with van der Waals surface area (Å²) >= 11 is 0. The molecule has 2 heterocycles. The van der Waals surface area contributed by atoms with E-state index in [9.17, 15) is 9.18 Å². The van der Waals surface area contributed by atoms with Crippen LogP contribution < -0.4 is 10.2 Å². The second kappa shape index (κ2) is 6.48. The molecule has 1 aliphatic rings. The number of hydrogen-bond acceptors (Lipinski definition) is 5. The van der Waals surface area contributed by atoms with Gasteiger partial charge in [-0.3, -0.25) is 4.79 Å². The molecule has 0 aliphatic carbocycles. The molecule has 1 aromatic heterocycles. The van der Waals surface area contributed by atoms with Crippen molar-refractivity contribution in [3.05, 3.63) is 48.0 Å². The van der Waals surface area contributed by atoms with E-state index in [0.717, 1.165) is 0 Å². The average molecular weight is 302 g/mol. The quantitative estimate of drug-likeness (QED) is 0.935. The van der Waals surface area contributed by atoms with Gasteiger partial charge in [-0.2, -0.15) is 0 Å². The lowest BCUT2D eigenvalue weighted by Crippen LogP contribution is -2.37. The van der Waals surface area contributed by atoms with Gasteiger partial charge in [0, 0.05) is 25.0 Å². The molecule has 2 aromatic rings. The molecule has 1 saturated heterocycles. The van der Waals surface area contributed by atoms with Crippen LogP contribution in [-0.4, -0.2) is 42.2 Å². The zero-order chi connectivity index (χ0) is 15.4.